The molecule has 0 saturated heterocycles. The SMILES string of the molecule is C=Cc1cc2ccc(N)cc2cc1C=C. The van der Waals surface area contributed by atoms with E-state index in [1.807, 2.05) is 30.4 Å². The van der Waals surface area contributed by atoms with E-state index in [1.165, 1.54) is 5.39 Å². The quantitative estimate of drug-likeness (QED) is 0.726. The van der Waals surface area contributed by atoms with Crippen LogP contribution in [-0.4, -0.2) is 0 Å². The maximum Gasteiger partial charge on any atom is 0.0320 e. The van der Waals surface area contributed by atoms with Gasteiger partial charge in [0.05, 0.1) is 0 Å². The molecule has 0 fully saturated rings. The van der Waals surface area contributed by atoms with Crippen molar-refractivity contribution < 1.29 is 0 Å². The van der Waals surface area contributed by atoms with Gasteiger partial charge in [-0.25, -0.2) is 0 Å². The third-order valence-corrected chi connectivity index (χ3v) is 2.51. The summed E-state index contributed by atoms with van der Waals surface area (Å²) in [5, 5.41) is 2.31. The van der Waals surface area contributed by atoms with Crippen LogP contribution in [0.2, 0.25) is 0 Å². The van der Waals surface area contributed by atoms with Gasteiger partial charge >= 0.3 is 0 Å². The van der Waals surface area contributed by atoms with Crippen LogP contribution in [0.1, 0.15) is 11.1 Å². The molecule has 0 heterocycles. The molecule has 2 aromatic carbocycles. The summed E-state index contributed by atoms with van der Waals surface area (Å²) in [7, 11) is 0. The molecular formula is C14H13N. The summed E-state index contributed by atoms with van der Waals surface area (Å²) in [4.78, 5) is 0. The van der Waals surface area contributed by atoms with Crippen LogP contribution in [0, 0.1) is 0 Å². The Kier molecular flexibility index (Phi) is 2.30. The van der Waals surface area contributed by atoms with Crippen molar-refractivity contribution in [3.63, 3.8) is 0 Å². The Morgan fingerprint density at radius 1 is 0.867 bits per heavy atom. The summed E-state index contributed by atoms with van der Waals surface area (Å²) in [5.74, 6) is 0. The standard InChI is InChI=1S/C14H13N/c1-3-10-7-12-5-6-14(15)9-13(12)8-11(10)4-2/h3-9H,1-2,15H2. The molecule has 0 bridgehead atoms. The molecule has 0 radical (unpaired) electrons. The van der Waals surface area contributed by atoms with Crippen LogP contribution in [0.15, 0.2) is 43.5 Å². The summed E-state index contributed by atoms with van der Waals surface area (Å²) >= 11 is 0. The molecule has 0 aliphatic carbocycles. The largest absolute Gasteiger partial charge is 0.399 e. The molecule has 1 nitrogen and oxygen atoms in total. The van der Waals surface area contributed by atoms with Crippen molar-refractivity contribution in [2.24, 2.45) is 0 Å². The van der Waals surface area contributed by atoms with Crippen molar-refractivity contribution in [3.8, 4) is 0 Å². The van der Waals surface area contributed by atoms with Gasteiger partial charge in [-0.1, -0.05) is 31.4 Å². The second-order valence-corrected chi connectivity index (χ2v) is 3.50. The van der Waals surface area contributed by atoms with E-state index < -0.39 is 0 Å². The van der Waals surface area contributed by atoms with Gasteiger partial charge in [0.2, 0.25) is 0 Å². The maximum atomic E-state index is 5.74. The van der Waals surface area contributed by atoms with Crippen molar-refractivity contribution in [2.45, 2.75) is 0 Å². The van der Waals surface area contributed by atoms with Gasteiger partial charge in [-0.05, 0) is 46.2 Å². The van der Waals surface area contributed by atoms with E-state index in [0.717, 1.165) is 22.2 Å². The van der Waals surface area contributed by atoms with Gasteiger partial charge in [-0.2, -0.15) is 0 Å². The number of benzene rings is 2. The van der Waals surface area contributed by atoms with E-state index in [4.69, 9.17) is 5.73 Å². The molecule has 0 aliphatic rings. The average molecular weight is 195 g/mol. The molecule has 15 heavy (non-hydrogen) atoms. The van der Waals surface area contributed by atoms with Crippen molar-refractivity contribution in [2.75, 3.05) is 5.73 Å². The zero-order valence-corrected chi connectivity index (χ0v) is 8.53. The normalized spacial score (nSPS) is 10.1. The fourth-order valence-electron chi connectivity index (χ4n) is 1.70. The predicted octanol–water partition coefficient (Wildman–Crippen LogP) is 3.71. The molecule has 0 atom stereocenters. The molecule has 0 saturated carbocycles. The number of rotatable bonds is 2. The highest BCUT2D eigenvalue weighted by Gasteiger charge is 2.00. The van der Waals surface area contributed by atoms with Gasteiger partial charge in [0.1, 0.15) is 0 Å². The molecular weight excluding hydrogens is 182 g/mol. The first-order valence-corrected chi connectivity index (χ1v) is 4.83. The molecule has 0 spiro atoms. The Morgan fingerprint density at radius 3 is 2.07 bits per heavy atom. The lowest BCUT2D eigenvalue weighted by Gasteiger charge is -2.05. The Balaban J connectivity index is 2.80. The van der Waals surface area contributed by atoms with Crippen molar-refractivity contribution in [1.82, 2.24) is 0 Å². The topological polar surface area (TPSA) is 26.0 Å². The predicted molar refractivity (Wildman–Crippen MR) is 68.5 cm³/mol. The van der Waals surface area contributed by atoms with E-state index in [1.54, 1.807) is 0 Å². The highest BCUT2D eigenvalue weighted by atomic mass is 14.5. The third kappa shape index (κ3) is 1.64. The van der Waals surface area contributed by atoms with E-state index >= 15 is 0 Å². The lowest BCUT2D eigenvalue weighted by molar-refractivity contribution is 1.66. The van der Waals surface area contributed by atoms with Crippen LogP contribution in [-0.2, 0) is 0 Å². The monoisotopic (exact) mass is 195 g/mol. The summed E-state index contributed by atoms with van der Waals surface area (Å²) in [6, 6.07) is 10.1. The molecule has 0 aliphatic heterocycles. The van der Waals surface area contributed by atoms with Crippen LogP contribution in [0.3, 0.4) is 0 Å². The lowest BCUT2D eigenvalue weighted by Crippen LogP contribution is -1.86. The molecule has 74 valence electrons. The number of nitrogens with two attached hydrogens (primary N) is 1. The number of hydrogen-bond donors (Lipinski definition) is 1. The van der Waals surface area contributed by atoms with Gasteiger partial charge in [0.25, 0.3) is 0 Å². The first-order chi connectivity index (χ1) is 7.24. The molecule has 2 aromatic rings. The third-order valence-electron chi connectivity index (χ3n) is 2.51. The molecule has 2 N–H and O–H groups in total. The van der Waals surface area contributed by atoms with Gasteiger partial charge in [-0.3, -0.25) is 0 Å². The zero-order valence-electron chi connectivity index (χ0n) is 8.53. The summed E-state index contributed by atoms with van der Waals surface area (Å²) in [6.07, 6.45) is 3.67. The second-order valence-electron chi connectivity index (χ2n) is 3.50. The van der Waals surface area contributed by atoms with Crippen LogP contribution in [0.5, 0.6) is 0 Å². The Labute approximate surface area is 89.5 Å². The second kappa shape index (κ2) is 3.62. The van der Waals surface area contributed by atoms with E-state index in [0.29, 0.717) is 0 Å². The Hall–Kier alpha value is -2.02. The first kappa shape index (κ1) is 9.53. The number of anilines is 1. The van der Waals surface area contributed by atoms with Crippen molar-refractivity contribution in [1.29, 1.82) is 0 Å². The average Bonchev–Trinajstić information content (AvgIpc) is 2.27. The van der Waals surface area contributed by atoms with Crippen LogP contribution < -0.4 is 5.73 Å². The molecule has 0 aromatic heterocycles. The van der Waals surface area contributed by atoms with Crippen LogP contribution in [0.4, 0.5) is 5.69 Å². The zero-order chi connectivity index (χ0) is 10.8. The highest BCUT2D eigenvalue weighted by Crippen LogP contribution is 2.23. The van der Waals surface area contributed by atoms with E-state index in [2.05, 4.69) is 25.3 Å². The number of nitrogen functional groups attached to an aromatic ring is 1. The molecule has 0 unspecified atom stereocenters. The molecule has 2 rings (SSSR count). The minimum atomic E-state index is 0.781. The Bertz CT molecular complexity index is 538. The van der Waals surface area contributed by atoms with E-state index in [9.17, 15) is 0 Å². The molecule has 0 amide bonds. The minimum Gasteiger partial charge on any atom is -0.399 e. The summed E-state index contributed by atoms with van der Waals surface area (Å²) in [5.41, 5.74) is 8.71. The summed E-state index contributed by atoms with van der Waals surface area (Å²) < 4.78 is 0. The van der Waals surface area contributed by atoms with E-state index in [-0.39, 0.29) is 0 Å². The smallest absolute Gasteiger partial charge is 0.0320 e. The van der Waals surface area contributed by atoms with Gasteiger partial charge in [0, 0.05) is 5.69 Å². The Morgan fingerprint density at radius 2 is 1.47 bits per heavy atom. The van der Waals surface area contributed by atoms with Crippen molar-refractivity contribution in [3.05, 3.63) is 54.6 Å². The van der Waals surface area contributed by atoms with Crippen molar-refractivity contribution >= 4 is 28.6 Å². The number of hydrogen-bond acceptors (Lipinski definition) is 1. The lowest BCUT2D eigenvalue weighted by atomic mass is 10.0. The fourth-order valence-corrected chi connectivity index (χ4v) is 1.70. The van der Waals surface area contributed by atoms with Crippen LogP contribution >= 0.6 is 0 Å². The summed E-state index contributed by atoms with van der Waals surface area (Å²) in [6.45, 7) is 7.58. The van der Waals surface area contributed by atoms with Gasteiger partial charge < -0.3 is 5.73 Å². The molecule has 1 heteroatoms. The van der Waals surface area contributed by atoms with Crippen LogP contribution in [0.25, 0.3) is 22.9 Å². The number of fused-ring (bicyclic) bond motifs is 1. The maximum absolute atomic E-state index is 5.74. The highest BCUT2D eigenvalue weighted by molar-refractivity contribution is 5.90. The van der Waals surface area contributed by atoms with Gasteiger partial charge in [-0.15, -0.1) is 0 Å². The first-order valence-electron chi connectivity index (χ1n) is 4.83. The minimum absolute atomic E-state index is 0.781. The fraction of sp³-hybridized carbons (Fsp3) is 0. The van der Waals surface area contributed by atoms with Gasteiger partial charge in [0.15, 0.2) is 0 Å².